The fourth-order valence-corrected chi connectivity index (χ4v) is 5.98. The molecule has 5 aromatic rings. The van der Waals surface area contributed by atoms with Gasteiger partial charge in [-0.2, -0.15) is 0 Å². The minimum atomic E-state index is -0.735. The summed E-state index contributed by atoms with van der Waals surface area (Å²) in [6.07, 6.45) is 2.93. The zero-order valence-corrected chi connectivity index (χ0v) is 23.0. The molecule has 3 aromatic carbocycles. The van der Waals surface area contributed by atoms with E-state index >= 15 is 0 Å². The summed E-state index contributed by atoms with van der Waals surface area (Å²) < 4.78 is 9.36. The molecule has 0 unspecified atom stereocenters. The molecule has 0 saturated carbocycles. The Kier molecular flexibility index (Phi) is 6.65. The molecule has 210 valence electrons. The van der Waals surface area contributed by atoms with E-state index in [0.29, 0.717) is 29.7 Å². The Labute approximate surface area is 235 Å². The summed E-state index contributed by atoms with van der Waals surface area (Å²) in [5, 5.41) is 22.0. The number of aromatic hydroxyl groups is 2. The maximum atomic E-state index is 13.7. The van der Waals surface area contributed by atoms with Gasteiger partial charge in [0.1, 0.15) is 28.2 Å². The zero-order valence-electron chi connectivity index (χ0n) is 23.0. The molecule has 0 bridgehead atoms. The van der Waals surface area contributed by atoms with Gasteiger partial charge < -0.3 is 19.5 Å². The van der Waals surface area contributed by atoms with Crippen LogP contribution in [0.15, 0.2) is 74.7 Å². The first-order chi connectivity index (χ1) is 19.7. The van der Waals surface area contributed by atoms with Crippen LogP contribution in [0.2, 0.25) is 0 Å². The Morgan fingerprint density at radius 1 is 0.878 bits per heavy atom. The number of likely N-dealkylation sites (tertiary alicyclic amines) is 1. The largest absolute Gasteiger partial charge is 0.507 e. The number of phenolic OH excluding ortho intramolecular Hbond substituents is 2. The topological polar surface area (TPSA) is 118 Å². The molecule has 0 spiro atoms. The van der Waals surface area contributed by atoms with Gasteiger partial charge >= 0.3 is 5.69 Å². The third-order valence-electron chi connectivity index (χ3n) is 8.19. The van der Waals surface area contributed by atoms with Gasteiger partial charge in [-0.05, 0) is 37.0 Å². The van der Waals surface area contributed by atoms with E-state index in [-0.39, 0.29) is 46.1 Å². The number of nitrogens with zero attached hydrogens (tertiary/aromatic N) is 3. The molecule has 0 aliphatic carbocycles. The normalized spacial score (nSPS) is 14.5. The number of hydrogen-bond donors (Lipinski definition) is 2. The summed E-state index contributed by atoms with van der Waals surface area (Å²) in [4.78, 5) is 41.5. The fourth-order valence-electron chi connectivity index (χ4n) is 5.98. The molecular weight excluding hydrogens is 522 g/mol. The van der Waals surface area contributed by atoms with E-state index in [9.17, 15) is 24.6 Å². The molecule has 1 saturated heterocycles. The first-order valence-corrected chi connectivity index (χ1v) is 13.8. The number of piperidine rings is 1. The van der Waals surface area contributed by atoms with Gasteiger partial charge in [-0.25, -0.2) is 4.79 Å². The third kappa shape index (κ3) is 4.57. The van der Waals surface area contributed by atoms with Crippen LogP contribution >= 0.6 is 0 Å². The van der Waals surface area contributed by atoms with Crippen LogP contribution in [0.1, 0.15) is 42.7 Å². The highest BCUT2D eigenvalue weighted by molar-refractivity contribution is 5.91. The highest BCUT2D eigenvalue weighted by Gasteiger charge is 2.30. The zero-order chi connectivity index (χ0) is 28.8. The Bertz CT molecular complexity index is 1910. The standard InChI is InChI=1S/C32H31N3O6/c1-33-22-12-11-20(15-23(22)34(2)32(33)40)21(16-28(39)35-13-7-4-8-14-35)29-24(36)17-25(37)30-26(38)18-27(41-31(29)30)19-9-5-3-6-10-19/h3,5-6,9-12,15,17-18,21,36-37H,4,7-8,13-14,16H2,1-2H3/t21-/m0/s1. The molecule has 2 aromatic heterocycles. The van der Waals surface area contributed by atoms with Crippen LogP contribution in [0.5, 0.6) is 11.5 Å². The molecule has 0 radical (unpaired) electrons. The molecule has 9 nitrogen and oxygen atoms in total. The molecular formula is C32H31N3O6. The highest BCUT2D eigenvalue weighted by Crippen LogP contribution is 2.43. The van der Waals surface area contributed by atoms with Crippen molar-refractivity contribution < 1.29 is 19.4 Å². The molecule has 1 amide bonds. The highest BCUT2D eigenvalue weighted by atomic mass is 16.3. The predicted molar refractivity (Wildman–Crippen MR) is 156 cm³/mol. The molecule has 1 aliphatic rings. The van der Waals surface area contributed by atoms with Crippen LogP contribution in [0.3, 0.4) is 0 Å². The molecule has 2 N–H and O–H groups in total. The number of amides is 1. The van der Waals surface area contributed by atoms with Crippen molar-refractivity contribution in [2.24, 2.45) is 14.1 Å². The second kappa shape index (κ2) is 10.3. The quantitative estimate of drug-likeness (QED) is 0.329. The van der Waals surface area contributed by atoms with Crippen LogP contribution in [0, 0.1) is 0 Å². The average molecular weight is 554 g/mol. The van der Waals surface area contributed by atoms with E-state index in [1.54, 1.807) is 30.8 Å². The van der Waals surface area contributed by atoms with Crippen molar-refractivity contribution in [3.05, 3.63) is 92.5 Å². The maximum Gasteiger partial charge on any atom is 0.328 e. The third-order valence-corrected chi connectivity index (χ3v) is 8.19. The number of fused-ring (bicyclic) bond motifs is 2. The second-order valence-electron chi connectivity index (χ2n) is 10.7. The van der Waals surface area contributed by atoms with Crippen molar-refractivity contribution >= 4 is 27.9 Å². The summed E-state index contributed by atoms with van der Waals surface area (Å²) in [6.45, 7) is 1.32. The van der Waals surface area contributed by atoms with Gasteiger partial charge in [-0.15, -0.1) is 0 Å². The summed E-state index contributed by atoms with van der Waals surface area (Å²) in [6, 6.07) is 17.0. The lowest BCUT2D eigenvalue weighted by Gasteiger charge is -2.29. The van der Waals surface area contributed by atoms with Gasteiger partial charge in [0.2, 0.25) is 5.91 Å². The van der Waals surface area contributed by atoms with Crippen molar-refractivity contribution in [2.75, 3.05) is 13.1 Å². The number of rotatable bonds is 5. The number of carbonyl (C=O) groups excluding carboxylic acids is 1. The Balaban J connectivity index is 1.60. The van der Waals surface area contributed by atoms with Gasteiger partial charge in [-0.3, -0.25) is 18.7 Å². The van der Waals surface area contributed by atoms with E-state index in [1.807, 2.05) is 41.3 Å². The average Bonchev–Trinajstić information content (AvgIpc) is 3.20. The van der Waals surface area contributed by atoms with Crippen molar-refractivity contribution in [3.8, 4) is 22.8 Å². The van der Waals surface area contributed by atoms with Gasteiger partial charge in [0, 0.05) is 62.8 Å². The van der Waals surface area contributed by atoms with Gasteiger partial charge in [-0.1, -0.05) is 36.4 Å². The number of hydrogen-bond acceptors (Lipinski definition) is 6. The van der Waals surface area contributed by atoms with Gasteiger partial charge in [0.05, 0.1) is 11.0 Å². The summed E-state index contributed by atoms with van der Waals surface area (Å²) in [7, 11) is 3.38. The lowest BCUT2D eigenvalue weighted by Crippen LogP contribution is -2.36. The van der Waals surface area contributed by atoms with Gasteiger partial charge in [0.15, 0.2) is 5.43 Å². The van der Waals surface area contributed by atoms with Crippen molar-refractivity contribution in [3.63, 3.8) is 0 Å². The van der Waals surface area contributed by atoms with E-state index in [4.69, 9.17) is 4.42 Å². The minimum Gasteiger partial charge on any atom is -0.507 e. The van der Waals surface area contributed by atoms with Crippen molar-refractivity contribution in [1.82, 2.24) is 14.0 Å². The predicted octanol–water partition coefficient (Wildman–Crippen LogP) is 4.60. The molecule has 6 rings (SSSR count). The molecule has 1 aliphatic heterocycles. The molecule has 41 heavy (non-hydrogen) atoms. The minimum absolute atomic E-state index is 0.000995. The summed E-state index contributed by atoms with van der Waals surface area (Å²) in [5.74, 6) is -1.24. The van der Waals surface area contributed by atoms with Gasteiger partial charge in [0.25, 0.3) is 0 Å². The van der Waals surface area contributed by atoms with E-state index in [1.165, 1.54) is 10.6 Å². The van der Waals surface area contributed by atoms with Crippen LogP contribution < -0.4 is 11.1 Å². The smallest absolute Gasteiger partial charge is 0.328 e. The van der Waals surface area contributed by atoms with E-state index < -0.39 is 17.1 Å². The molecule has 1 fully saturated rings. The second-order valence-corrected chi connectivity index (χ2v) is 10.7. The number of aromatic nitrogens is 2. The summed E-state index contributed by atoms with van der Waals surface area (Å²) in [5.41, 5.74) is 2.31. The first-order valence-electron chi connectivity index (χ1n) is 13.8. The Morgan fingerprint density at radius 2 is 1.59 bits per heavy atom. The lowest BCUT2D eigenvalue weighted by molar-refractivity contribution is -0.132. The number of benzene rings is 3. The fraction of sp³-hybridized carbons (Fsp3) is 0.281. The van der Waals surface area contributed by atoms with Crippen LogP contribution in [-0.4, -0.2) is 43.2 Å². The number of imidazole rings is 1. The molecule has 9 heteroatoms. The Morgan fingerprint density at radius 3 is 2.32 bits per heavy atom. The van der Waals surface area contributed by atoms with Crippen molar-refractivity contribution in [2.45, 2.75) is 31.6 Å². The monoisotopic (exact) mass is 553 g/mol. The molecule has 3 heterocycles. The van der Waals surface area contributed by atoms with E-state index in [2.05, 4.69) is 0 Å². The Hall–Kier alpha value is -4.79. The van der Waals surface area contributed by atoms with E-state index in [0.717, 1.165) is 30.8 Å². The van der Waals surface area contributed by atoms with Crippen LogP contribution in [0.25, 0.3) is 33.3 Å². The SMILES string of the molecule is Cn1c(=O)n(C)c2cc([C@H](CC(=O)N3CCCCC3)c3c(O)cc(O)c4c(=O)cc(-c5ccccc5)oc34)ccc21. The molecule has 1 atom stereocenters. The summed E-state index contributed by atoms with van der Waals surface area (Å²) >= 11 is 0. The van der Waals surface area contributed by atoms with Crippen LogP contribution in [-0.2, 0) is 18.9 Å². The number of aryl methyl sites for hydroxylation is 2. The lowest BCUT2D eigenvalue weighted by atomic mass is 9.85. The first kappa shape index (κ1) is 26.4. The number of carbonyl (C=O) groups is 1. The van der Waals surface area contributed by atoms with Crippen molar-refractivity contribution in [1.29, 1.82) is 0 Å². The van der Waals surface area contributed by atoms with Crippen LogP contribution in [0.4, 0.5) is 0 Å². The number of phenols is 2. The maximum absolute atomic E-state index is 13.7.